The lowest BCUT2D eigenvalue weighted by Gasteiger charge is -2.36. The summed E-state index contributed by atoms with van der Waals surface area (Å²) in [6.07, 6.45) is 3.44. The molecule has 0 heterocycles. The second-order valence-electron chi connectivity index (χ2n) is 6.22. The maximum atomic E-state index is 10.6. The summed E-state index contributed by atoms with van der Waals surface area (Å²) in [5, 5.41) is 10.6. The van der Waals surface area contributed by atoms with Gasteiger partial charge >= 0.3 is 0 Å². The third kappa shape index (κ3) is 2.95. The van der Waals surface area contributed by atoms with Gasteiger partial charge in [0.2, 0.25) is 0 Å². The van der Waals surface area contributed by atoms with E-state index in [9.17, 15) is 5.11 Å². The quantitative estimate of drug-likeness (QED) is 0.846. The van der Waals surface area contributed by atoms with Crippen LogP contribution in [0, 0.1) is 17.8 Å². The molecule has 100 valence electrons. The van der Waals surface area contributed by atoms with Crippen LogP contribution in [0.1, 0.15) is 51.5 Å². The number of hydrogen-bond donors (Lipinski definition) is 1. The Morgan fingerprint density at radius 1 is 1.06 bits per heavy atom. The minimum Gasteiger partial charge on any atom is -0.392 e. The first-order chi connectivity index (χ1) is 8.59. The Labute approximate surface area is 111 Å². The number of benzene rings is 1. The van der Waals surface area contributed by atoms with Gasteiger partial charge in [-0.3, -0.25) is 0 Å². The van der Waals surface area contributed by atoms with Crippen molar-refractivity contribution >= 4 is 0 Å². The van der Waals surface area contributed by atoms with Crippen LogP contribution in [-0.4, -0.2) is 11.2 Å². The molecular weight excluding hydrogens is 220 g/mol. The molecule has 5 atom stereocenters. The van der Waals surface area contributed by atoms with Crippen LogP contribution >= 0.6 is 0 Å². The summed E-state index contributed by atoms with van der Waals surface area (Å²) in [5.74, 6) is 2.30. The molecule has 1 aliphatic rings. The van der Waals surface area contributed by atoms with Crippen molar-refractivity contribution in [2.75, 3.05) is 0 Å². The van der Waals surface area contributed by atoms with Gasteiger partial charge in [0.1, 0.15) is 0 Å². The van der Waals surface area contributed by atoms with Gasteiger partial charge in [-0.05, 0) is 36.2 Å². The first-order valence-corrected chi connectivity index (χ1v) is 7.32. The van der Waals surface area contributed by atoms with Gasteiger partial charge in [-0.1, -0.05) is 57.5 Å². The Hall–Kier alpha value is -0.820. The molecule has 1 aliphatic carbocycles. The highest BCUT2D eigenvalue weighted by atomic mass is 16.3. The Morgan fingerprint density at radius 3 is 2.33 bits per heavy atom. The molecule has 1 aromatic carbocycles. The summed E-state index contributed by atoms with van der Waals surface area (Å²) >= 11 is 0. The zero-order chi connectivity index (χ0) is 13.1. The molecule has 18 heavy (non-hydrogen) atoms. The van der Waals surface area contributed by atoms with Crippen LogP contribution in [0.3, 0.4) is 0 Å². The SMILES string of the molecule is CC1CCC(C(O)C(C)c2ccccc2)CC1C. The summed E-state index contributed by atoms with van der Waals surface area (Å²) in [4.78, 5) is 0. The summed E-state index contributed by atoms with van der Waals surface area (Å²) in [7, 11) is 0. The molecule has 0 spiro atoms. The van der Waals surface area contributed by atoms with E-state index in [1.807, 2.05) is 6.07 Å². The van der Waals surface area contributed by atoms with Crippen LogP contribution in [0.15, 0.2) is 30.3 Å². The zero-order valence-electron chi connectivity index (χ0n) is 11.8. The van der Waals surface area contributed by atoms with E-state index < -0.39 is 0 Å². The van der Waals surface area contributed by atoms with Crippen LogP contribution in [0.2, 0.25) is 0 Å². The van der Waals surface area contributed by atoms with Gasteiger partial charge in [-0.2, -0.15) is 0 Å². The fourth-order valence-electron chi connectivity index (χ4n) is 3.26. The predicted molar refractivity (Wildman–Crippen MR) is 76.5 cm³/mol. The van der Waals surface area contributed by atoms with Crippen LogP contribution in [0.25, 0.3) is 0 Å². The molecule has 1 aromatic rings. The lowest BCUT2D eigenvalue weighted by molar-refractivity contribution is 0.0408. The van der Waals surface area contributed by atoms with Gasteiger partial charge in [0.15, 0.2) is 0 Å². The Bertz CT molecular complexity index is 359. The summed E-state index contributed by atoms with van der Waals surface area (Å²) in [5.41, 5.74) is 1.26. The molecule has 1 heteroatoms. The number of hydrogen-bond acceptors (Lipinski definition) is 1. The van der Waals surface area contributed by atoms with E-state index in [0.717, 1.165) is 11.8 Å². The second-order valence-corrected chi connectivity index (χ2v) is 6.22. The molecule has 2 rings (SSSR count). The molecule has 5 unspecified atom stereocenters. The fraction of sp³-hybridized carbons (Fsp3) is 0.647. The molecule has 0 bridgehead atoms. The highest BCUT2D eigenvalue weighted by Crippen LogP contribution is 2.38. The van der Waals surface area contributed by atoms with Gasteiger partial charge in [-0.15, -0.1) is 0 Å². The Morgan fingerprint density at radius 2 is 1.72 bits per heavy atom. The molecule has 1 N–H and O–H groups in total. The predicted octanol–water partition coefficient (Wildman–Crippen LogP) is 4.22. The normalized spacial score (nSPS) is 31.9. The van der Waals surface area contributed by atoms with Crippen LogP contribution in [0.5, 0.6) is 0 Å². The number of aliphatic hydroxyl groups excluding tert-OH is 1. The first-order valence-electron chi connectivity index (χ1n) is 7.32. The smallest absolute Gasteiger partial charge is 0.0634 e. The number of rotatable bonds is 3. The average Bonchev–Trinajstić information content (AvgIpc) is 2.41. The first kappa shape index (κ1) is 13.6. The van der Waals surface area contributed by atoms with Crippen molar-refractivity contribution in [3.05, 3.63) is 35.9 Å². The zero-order valence-corrected chi connectivity index (χ0v) is 11.8. The van der Waals surface area contributed by atoms with Crippen LogP contribution < -0.4 is 0 Å². The van der Waals surface area contributed by atoms with Crippen LogP contribution in [0.4, 0.5) is 0 Å². The second kappa shape index (κ2) is 5.88. The standard InChI is InChI=1S/C17H26O/c1-12-9-10-16(11-13(12)2)17(18)14(3)15-7-5-4-6-8-15/h4-8,12-14,16-18H,9-11H2,1-3H3. The van der Waals surface area contributed by atoms with Crippen molar-refractivity contribution in [3.63, 3.8) is 0 Å². The van der Waals surface area contributed by atoms with E-state index in [1.54, 1.807) is 0 Å². The average molecular weight is 246 g/mol. The van der Waals surface area contributed by atoms with Crippen molar-refractivity contribution in [1.82, 2.24) is 0 Å². The van der Waals surface area contributed by atoms with Crippen molar-refractivity contribution in [1.29, 1.82) is 0 Å². The maximum Gasteiger partial charge on any atom is 0.0634 e. The monoisotopic (exact) mass is 246 g/mol. The van der Waals surface area contributed by atoms with Crippen molar-refractivity contribution in [2.24, 2.45) is 17.8 Å². The highest BCUT2D eigenvalue weighted by molar-refractivity contribution is 5.20. The molecule has 0 aromatic heterocycles. The van der Waals surface area contributed by atoms with Crippen molar-refractivity contribution < 1.29 is 5.11 Å². The Kier molecular flexibility index (Phi) is 4.45. The minimum absolute atomic E-state index is 0.192. The van der Waals surface area contributed by atoms with Gasteiger partial charge in [0.25, 0.3) is 0 Å². The van der Waals surface area contributed by atoms with Crippen molar-refractivity contribution in [2.45, 2.75) is 52.1 Å². The van der Waals surface area contributed by atoms with E-state index in [-0.39, 0.29) is 12.0 Å². The topological polar surface area (TPSA) is 20.2 Å². The van der Waals surface area contributed by atoms with Crippen molar-refractivity contribution in [3.8, 4) is 0 Å². The largest absolute Gasteiger partial charge is 0.392 e. The van der Waals surface area contributed by atoms with E-state index >= 15 is 0 Å². The lowest BCUT2D eigenvalue weighted by Crippen LogP contribution is -2.32. The number of aliphatic hydroxyl groups is 1. The third-order valence-corrected chi connectivity index (χ3v) is 4.96. The van der Waals surface area contributed by atoms with Gasteiger partial charge in [-0.25, -0.2) is 0 Å². The maximum absolute atomic E-state index is 10.6. The molecule has 1 fully saturated rings. The highest BCUT2D eigenvalue weighted by Gasteiger charge is 2.32. The summed E-state index contributed by atoms with van der Waals surface area (Å²) in [6, 6.07) is 10.4. The minimum atomic E-state index is -0.192. The third-order valence-electron chi connectivity index (χ3n) is 4.96. The van der Waals surface area contributed by atoms with E-state index in [2.05, 4.69) is 45.0 Å². The summed E-state index contributed by atoms with van der Waals surface area (Å²) < 4.78 is 0. The molecule has 0 saturated heterocycles. The van der Waals surface area contributed by atoms with Gasteiger partial charge in [0.05, 0.1) is 6.10 Å². The van der Waals surface area contributed by atoms with Gasteiger partial charge in [0, 0.05) is 5.92 Å². The van der Waals surface area contributed by atoms with Gasteiger partial charge < -0.3 is 5.11 Å². The van der Waals surface area contributed by atoms with E-state index in [4.69, 9.17) is 0 Å². The molecule has 1 saturated carbocycles. The molecule has 0 amide bonds. The van der Waals surface area contributed by atoms with E-state index in [1.165, 1.54) is 24.8 Å². The molecule has 1 nitrogen and oxygen atoms in total. The van der Waals surface area contributed by atoms with Crippen LogP contribution in [-0.2, 0) is 0 Å². The molecular formula is C17H26O. The van der Waals surface area contributed by atoms with E-state index in [0.29, 0.717) is 5.92 Å². The molecule has 0 radical (unpaired) electrons. The fourth-order valence-corrected chi connectivity index (χ4v) is 3.26. The molecule has 0 aliphatic heterocycles. The summed E-state index contributed by atoms with van der Waals surface area (Å²) in [6.45, 7) is 6.83. The lowest BCUT2D eigenvalue weighted by atomic mass is 9.71. The Balaban J connectivity index is 2.01.